The summed E-state index contributed by atoms with van der Waals surface area (Å²) in [5.41, 5.74) is 2.66. The van der Waals surface area contributed by atoms with E-state index in [1.807, 2.05) is 12.1 Å². The second kappa shape index (κ2) is 7.86. The standard InChI is InChI=1S/C22H30O/c1-3-4-17-5-7-18(8-6-17)19-9-11-20(12-10-19)21-13-15-22(23-2)16-14-21/h9,11-19H,3-8,10H2,1-2H3. The number of ether oxygens (including phenoxy) is 1. The second-order valence-electron chi connectivity index (χ2n) is 7.22. The van der Waals surface area contributed by atoms with Crippen LogP contribution in [-0.4, -0.2) is 7.11 Å². The summed E-state index contributed by atoms with van der Waals surface area (Å²) in [7, 11) is 1.72. The molecule has 1 heteroatoms. The van der Waals surface area contributed by atoms with Crippen molar-refractivity contribution < 1.29 is 4.74 Å². The normalized spacial score (nSPS) is 27.6. The Bertz CT molecular complexity index is 544. The smallest absolute Gasteiger partial charge is 0.118 e. The highest BCUT2D eigenvalue weighted by molar-refractivity contribution is 5.75. The summed E-state index contributed by atoms with van der Waals surface area (Å²) in [6, 6.07) is 8.41. The minimum absolute atomic E-state index is 0.763. The van der Waals surface area contributed by atoms with Crippen molar-refractivity contribution in [2.45, 2.75) is 51.9 Å². The molecule has 23 heavy (non-hydrogen) atoms. The van der Waals surface area contributed by atoms with E-state index in [2.05, 4.69) is 37.3 Å². The van der Waals surface area contributed by atoms with Crippen molar-refractivity contribution in [1.82, 2.24) is 0 Å². The molecule has 1 fully saturated rings. The predicted octanol–water partition coefficient (Wildman–Crippen LogP) is 6.26. The van der Waals surface area contributed by atoms with Crippen molar-refractivity contribution >= 4 is 5.57 Å². The van der Waals surface area contributed by atoms with Crippen molar-refractivity contribution in [3.63, 3.8) is 0 Å². The Morgan fingerprint density at radius 1 is 1.04 bits per heavy atom. The SMILES string of the molecule is CCCC1CCC(C2C=CC(c3ccc(OC)cc3)=CC2)CC1. The van der Waals surface area contributed by atoms with Gasteiger partial charge in [-0.2, -0.15) is 0 Å². The monoisotopic (exact) mass is 310 g/mol. The van der Waals surface area contributed by atoms with Crippen LogP contribution in [0.25, 0.3) is 5.57 Å². The Kier molecular flexibility index (Phi) is 5.59. The van der Waals surface area contributed by atoms with E-state index in [1.165, 1.54) is 56.1 Å². The molecule has 2 aliphatic carbocycles. The Hall–Kier alpha value is -1.50. The third kappa shape index (κ3) is 4.07. The molecule has 0 heterocycles. The number of methoxy groups -OCH3 is 1. The average molecular weight is 310 g/mol. The maximum atomic E-state index is 5.24. The first-order valence-corrected chi connectivity index (χ1v) is 9.33. The molecular formula is C22H30O. The molecule has 0 bridgehead atoms. The lowest BCUT2D eigenvalue weighted by atomic mass is 9.72. The van der Waals surface area contributed by atoms with Crippen molar-refractivity contribution in [1.29, 1.82) is 0 Å². The number of hydrogen-bond acceptors (Lipinski definition) is 1. The lowest BCUT2D eigenvalue weighted by Crippen LogP contribution is -2.21. The molecule has 0 amide bonds. The quantitative estimate of drug-likeness (QED) is 0.623. The summed E-state index contributed by atoms with van der Waals surface area (Å²) in [5.74, 6) is 3.61. The van der Waals surface area contributed by atoms with Gasteiger partial charge in [0.05, 0.1) is 7.11 Å². The maximum absolute atomic E-state index is 5.24. The van der Waals surface area contributed by atoms with E-state index in [-0.39, 0.29) is 0 Å². The highest BCUT2D eigenvalue weighted by Gasteiger charge is 2.26. The molecule has 0 saturated heterocycles. The van der Waals surface area contributed by atoms with Gasteiger partial charge in [-0.05, 0) is 60.3 Å². The number of hydrogen-bond donors (Lipinski definition) is 0. The molecule has 0 aliphatic heterocycles. The summed E-state index contributed by atoms with van der Waals surface area (Å²) in [5, 5.41) is 0. The zero-order chi connectivity index (χ0) is 16.1. The summed E-state index contributed by atoms with van der Waals surface area (Å²) in [4.78, 5) is 0. The summed E-state index contributed by atoms with van der Waals surface area (Å²) in [6.45, 7) is 2.32. The molecule has 1 atom stereocenters. The van der Waals surface area contributed by atoms with Gasteiger partial charge in [0, 0.05) is 0 Å². The van der Waals surface area contributed by atoms with Crippen LogP contribution in [0.3, 0.4) is 0 Å². The van der Waals surface area contributed by atoms with Crippen LogP contribution in [0.4, 0.5) is 0 Å². The van der Waals surface area contributed by atoms with Gasteiger partial charge in [0.1, 0.15) is 5.75 Å². The van der Waals surface area contributed by atoms with Crippen LogP contribution in [0.15, 0.2) is 42.5 Å². The fourth-order valence-corrected chi connectivity index (χ4v) is 4.30. The van der Waals surface area contributed by atoms with Crippen LogP contribution in [0.5, 0.6) is 5.75 Å². The van der Waals surface area contributed by atoms with Gasteiger partial charge in [-0.15, -0.1) is 0 Å². The topological polar surface area (TPSA) is 9.23 Å². The minimum atomic E-state index is 0.763. The Morgan fingerprint density at radius 3 is 2.35 bits per heavy atom. The summed E-state index contributed by atoms with van der Waals surface area (Å²) >= 11 is 0. The van der Waals surface area contributed by atoms with Gasteiger partial charge in [-0.1, -0.05) is 63.0 Å². The molecule has 1 aromatic rings. The van der Waals surface area contributed by atoms with E-state index >= 15 is 0 Å². The zero-order valence-corrected chi connectivity index (χ0v) is 14.6. The fraction of sp³-hybridized carbons (Fsp3) is 0.545. The highest BCUT2D eigenvalue weighted by atomic mass is 16.5. The van der Waals surface area contributed by atoms with Crippen LogP contribution < -0.4 is 4.74 Å². The van der Waals surface area contributed by atoms with Crippen molar-refractivity contribution in [3.8, 4) is 5.75 Å². The lowest BCUT2D eigenvalue weighted by molar-refractivity contribution is 0.221. The molecule has 1 aromatic carbocycles. The van der Waals surface area contributed by atoms with Crippen LogP contribution in [-0.2, 0) is 0 Å². The minimum Gasteiger partial charge on any atom is -0.497 e. The first kappa shape index (κ1) is 16.4. The van der Waals surface area contributed by atoms with Gasteiger partial charge in [0.25, 0.3) is 0 Å². The highest BCUT2D eigenvalue weighted by Crippen LogP contribution is 2.39. The molecule has 0 spiro atoms. The third-order valence-corrected chi connectivity index (χ3v) is 5.75. The van der Waals surface area contributed by atoms with Gasteiger partial charge in [0.15, 0.2) is 0 Å². The number of allylic oxidation sites excluding steroid dienone is 4. The van der Waals surface area contributed by atoms with Crippen LogP contribution in [0, 0.1) is 17.8 Å². The Morgan fingerprint density at radius 2 is 1.78 bits per heavy atom. The average Bonchev–Trinajstić information content (AvgIpc) is 2.63. The second-order valence-corrected chi connectivity index (χ2v) is 7.22. The van der Waals surface area contributed by atoms with E-state index in [1.54, 1.807) is 7.11 Å². The van der Waals surface area contributed by atoms with Gasteiger partial charge in [-0.25, -0.2) is 0 Å². The molecule has 0 radical (unpaired) electrons. The van der Waals surface area contributed by atoms with Gasteiger partial charge < -0.3 is 4.74 Å². The summed E-state index contributed by atoms with van der Waals surface area (Å²) in [6.07, 6.45) is 17.0. The first-order chi connectivity index (χ1) is 11.3. The molecule has 1 saturated carbocycles. The lowest BCUT2D eigenvalue weighted by Gasteiger charge is -2.33. The largest absolute Gasteiger partial charge is 0.497 e. The molecule has 2 aliphatic rings. The Labute approximate surface area is 141 Å². The molecule has 3 rings (SSSR count). The van der Waals surface area contributed by atoms with Crippen molar-refractivity contribution in [2.24, 2.45) is 17.8 Å². The van der Waals surface area contributed by atoms with E-state index in [9.17, 15) is 0 Å². The molecular weight excluding hydrogens is 280 g/mol. The van der Waals surface area contributed by atoms with Crippen LogP contribution in [0.1, 0.15) is 57.4 Å². The fourth-order valence-electron chi connectivity index (χ4n) is 4.30. The van der Waals surface area contributed by atoms with Crippen LogP contribution >= 0.6 is 0 Å². The Balaban J connectivity index is 1.55. The van der Waals surface area contributed by atoms with Gasteiger partial charge in [0.2, 0.25) is 0 Å². The number of rotatable bonds is 5. The van der Waals surface area contributed by atoms with E-state index < -0.39 is 0 Å². The molecule has 1 unspecified atom stereocenters. The predicted molar refractivity (Wildman–Crippen MR) is 98.6 cm³/mol. The molecule has 1 nitrogen and oxygen atoms in total. The van der Waals surface area contributed by atoms with E-state index in [0.29, 0.717) is 0 Å². The van der Waals surface area contributed by atoms with Gasteiger partial charge in [-0.3, -0.25) is 0 Å². The van der Waals surface area contributed by atoms with E-state index in [4.69, 9.17) is 4.74 Å². The summed E-state index contributed by atoms with van der Waals surface area (Å²) < 4.78 is 5.24. The third-order valence-electron chi connectivity index (χ3n) is 5.75. The van der Waals surface area contributed by atoms with Crippen molar-refractivity contribution in [3.05, 3.63) is 48.1 Å². The maximum Gasteiger partial charge on any atom is 0.118 e. The van der Waals surface area contributed by atoms with Gasteiger partial charge >= 0.3 is 0 Å². The van der Waals surface area contributed by atoms with E-state index in [0.717, 1.165) is 23.5 Å². The molecule has 124 valence electrons. The van der Waals surface area contributed by atoms with Crippen LogP contribution in [0.2, 0.25) is 0 Å². The number of benzene rings is 1. The molecule has 0 N–H and O–H groups in total. The molecule has 0 aromatic heterocycles. The zero-order valence-electron chi connectivity index (χ0n) is 14.6. The van der Waals surface area contributed by atoms with Crippen molar-refractivity contribution in [2.75, 3.05) is 7.11 Å². The first-order valence-electron chi connectivity index (χ1n) is 9.33.